The Morgan fingerprint density at radius 3 is 2.07 bits per heavy atom. The zero-order valence-electron chi connectivity index (χ0n) is 16.7. The molecule has 28 heavy (non-hydrogen) atoms. The van der Waals surface area contributed by atoms with E-state index in [1.807, 2.05) is 52.0 Å². The largest absolute Gasteiger partial charge is 0.287 e. The van der Waals surface area contributed by atoms with E-state index in [9.17, 15) is 13.2 Å². The van der Waals surface area contributed by atoms with E-state index in [1.165, 1.54) is 11.8 Å². The molecule has 0 saturated carbocycles. The van der Waals surface area contributed by atoms with Crippen LogP contribution in [0.4, 0.5) is 0 Å². The van der Waals surface area contributed by atoms with Crippen LogP contribution in [0.1, 0.15) is 44.9 Å². The molecule has 0 aromatic heterocycles. The molecular weight excluding hydrogens is 458 g/mol. The molecule has 0 saturated heterocycles. The van der Waals surface area contributed by atoms with E-state index >= 15 is 0 Å². The van der Waals surface area contributed by atoms with Crippen molar-refractivity contribution < 1.29 is 13.2 Å². The highest BCUT2D eigenvalue weighted by Crippen LogP contribution is 2.33. The molecule has 0 aliphatic carbocycles. The summed E-state index contributed by atoms with van der Waals surface area (Å²) in [4.78, 5) is 13.0. The van der Waals surface area contributed by atoms with Gasteiger partial charge in [-0.05, 0) is 36.8 Å². The van der Waals surface area contributed by atoms with Gasteiger partial charge >= 0.3 is 0 Å². The van der Waals surface area contributed by atoms with Crippen molar-refractivity contribution in [2.75, 3.05) is 0 Å². The van der Waals surface area contributed by atoms with Crippen molar-refractivity contribution in [1.29, 1.82) is 0 Å². The summed E-state index contributed by atoms with van der Waals surface area (Å²) in [6.45, 7) is 9.57. The number of carbonyl (C=O) groups is 1. The highest BCUT2D eigenvalue weighted by atomic mass is 79.9. The third-order valence-corrected chi connectivity index (χ3v) is 7.29. The first-order chi connectivity index (χ1) is 12.9. The average Bonchev–Trinajstić information content (AvgIpc) is 2.59. The maximum atomic E-state index is 13.0. The molecule has 7 heteroatoms. The van der Waals surface area contributed by atoms with Crippen LogP contribution in [0.2, 0.25) is 0 Å². The monoisotopic (exact) mass is 483 g/mol. The van der Waals surface area contributed by atoms with E-state index in [-0.39, 0.29) is 14.8 Å². The third-order valence-electron chi connectivity index (χ3n) is 4.12. The van der Waals surface area contributed by atoms with E-state index in [0.29, 0.717) is 0 Å². The van der Waals surface area contributed by atoms with Crippen molar-refractivity contribution in [2.24, 2.45) is 5.92 Å². The number of nitrogens with one attached hydrogen (secondary N) is 1. The summed E-state index contributed by atoms with van der Waals surface area (Å²) in [5.41, 5.74) is 1.72. The first kappa shape index (κ1) is 23.1. The Kier molecular flexibility index (Phi) is 7.53. The van der Waals surface area contributed by atoms with Gasteiger partial charge in [0.15, 0.2) is 5.12 Å². The summed E-state index contributed by atoms with van der Waals surface area (Å²) in [5, 5.41) is -0.0491. The van der Waals surface area contributed by atoms with Crippen molar-refractivity contribution in [2.45, 2.75) is 50.3 Å². The Morgan fingerprint density at radius 2 is 1.57 bits per heavy atom. The average molecular weight is 484 g/mol. The second kappa shape index (κ2) is 9.11. The zero-order chi connectivity index (χ0) is 21.1. The lowest BCUT2D eigenvalue weighted by atomic mass is 9.96. The number of thioether (sulfide) groups is 1. The molecule has 0 radical (unpaired) electrons. The van der Waals surface area contributed by atoms with E-state index in [2.05, 4.69) is 20.7 Å². The molecular formula is C21H26BrNO3S2. The molecule has 2 atom stereocenters. The smallest absolute Gasteiger partial charge is 0.241 e. The molecule has 0 unspecified atom stereocenters. The summed E-state index contributed by atoms with van der Waals surface area (Å²) < 4.78 is 29.3. The normalized spacial score (nSPS) is 14.5. The second-order valence-electron chi connectivity index (χ2n) is 7.79. The molecule has 0 heterocycles. The minimum atomic E-state index is -3.78. The molecule has 1 N–H and O–H groups in total. The van der Waals surface area contributed by atoms with Crippen LogP contribution in [-0.2, 0) is 14.8 Å². The second-order valence-corrected chi connectivity index (χ2v) is 12.2. The van der Waals surface area contributed by atoms with Gasteiger partial charge < -0.3 is 0 Å². The Balaban J connectivity index is 2.39. The summed E-state index contributed by atoms with van der Waals surface area (Å²) in [7, 11) is -3.78. The highest BCUT2D eigenvalue weighted by Gasteiger charge is 2.32. The van der Waals surface area contributed by atoms with Gasteiger partial charge in [0.25, 0.3) is 0 Å². The van der Waals surface area contributed by atoms with E-state index in [4.69, 9.17) is 0 Å². The van der Waals surface area contributed by atoms with Gasteiger partial charge in [0.1, 0.15) is 0 Å². The molecule has 152 valence electrons. The summed E-state index contributed by atoms with van der Waals surface area (Å²) in [6.07, 6.45) is 0. The number of rotatable bonds is 6. The Hall–Kier alpha value is -1.15. The van der Waals surface area contributed by atoms with Crippen LogP contribution in [-0.4, -0.2) is 18.3 Å². The highest BCUT2D eigenvalue weighted by molar-refractivity contribution is 9.10. The number of hydrogen-bond acceptors (Lipinski definition) is 4. The molecule has 2 rings (SSSR count). The van der Waals surface area contributed by atoms with Crippen LogP contribution < -0.4 is 4.72 Å². The summed E-state index contributed by atoms with van der Waals surface area (Å²) in [6, 6.07) is 13.4. The fourth-order valence-electron chi connectivity index (χ4n) is 2.61. The topological polar surface area (TPSA) is 63.2 Å². The maximum Gasteiger partial charge on any atom is 0.241 e. The van der Waals surface area contributed by atoms with Crippen LogP contribution >= 0.6 is 27.7 Å². The molecule has 0 bridgehead atoms. The van der Waals surface area contributed by atoms with E-state index < -0.39 is 22.0 Å². The van der Waals surface area contributed by atoms with Gasteiger partial charge in [0, 0.05) is 15.1 Å². The van der Waals surface area contributed by atoms with Crippen LogP contribution in [0, 0.1) is 12.8 Å². The quantitative estimate of drug-likeness (QED) is 0.591. The molecule has 0 fully saturated rings. The van der Waals surface area contributed by atoms with Gasteiger partial charge in [-0.25, -0.2) is 13.1 Å². The minimum absolute atomic E-state index is 0.0491. The van der Waals surface area contributed by atoms with Crippen molar-refractivity contribution in [1.82, 2.24) is 4.72 Å². The molecule has 0 amide bonds. The van der Waals surface area contributed by atoms with Gasteiger partial charge in [0.05, 0.1) is 10.9 Å². The predicted molar refractivity (Wildman–Crippen MR) is 120 cm³/mol. The van der Waals surface area contributed by atoms with E-state index in [1.54, 1.807) is 31.2 Å². The zero-order valence-corrected chi connectivity index (χ0v) is 19.9. The molecule has 2 aromatic rings. The number of benzene rings is 2. The maximum absolute atomic E-state index is 13.0. The SMILES string of the molecule is Cc1ccc(S(=O)(=O)N[C@H](c2ccc(Br)cc2)[C@@H](C)C(=O)SC(C)(C)C)cc1. The van der Waals surface area contributed by atoms with Gasteiger partial charge in [-0.3, -0.25) is 4.79 Å². The van der Waals surface area contributed by atoms with Crippen molar-refractivity contribution in [3.05, 3.63) is 64.1 Å². The Bertz CT molecular complexity index is 918. The van der Waals surface area contributed by atoms with Gasteiger partial charge in [-0.1, -0.05) is 85.2 Å². The van der Waals surface area contributed by atoms with Gasteiger partial charge in [-0.2, -0.15) is 0 Å². The first-order valence-corrected chi connectivity index (χ1v) is 12.1. The van der Waals surface area contributed by atoms with Gasteiger partial charge in [-0.15, -0.1) is 0 Å². The molecule has 0 spiro atoms. The molecule has 0 aliphatic rings. The van der Waals surface area contributed by atoms with Crippen LogP contribution in [0.25, 0.3) is 0 Å². The lowest BCUT2D eigenvalue weighted by Crippen LogP contribution is -2.35. The fraction of sp³-hybridized carbons (Fsp3) is 0.381. The fourth-order valence-corrected chi connectivity index (χ4v) is 5.11. The number of halogens is 1. The summed E-state index contributed by atoms with van der Waals surface area (Å²) in [5.74, 6) is -0.536. The van der Waals surface area contributed by atoms with Crippen molar-refractivity contribution >= 4 is 42.8 Å². The number of carbonyl (C=O) groups excluding carboxylic acids is 1. The van der Waals surface area contributed by atoms with Crippen LogP contribution in [0.15, 0.2) is 57.9 Å². The van der Waals surface area contributed by atoms with Crippen LogP contribution in [0.5, 0.6) is 0 Å². The van der Waals surface area contributed by atoms with Crippen molar-refractivity contribution in [3.8, 4) is 0 Å². The molecule has 4 nitrogen and oxygen atoms in total. The number of sulfonamides is 1. The standard InChI is InChI=1S/C21H26BrNO3S2/c1-14-6-12-18(13-7-14)28(25,26)23-19(16-8-10-17(22)11-9-16)15(2)20(24)27-21(3,4)5/h6-13,15,19,23H,1-5H3/t15-,19+/m1/s1. The van der Waals surface area contributed by atoms with Crippen LogP contribution in [0.3, 0.4) is 0 Å². The Morgan fingerprint density at radius 1 is 1.04 bits per heavy atom. The molecule has 0 aliphatic heterocycles. The predicted octanol–water partition coefficient (Wildman–Crippen LogP) is 5.47. The minimum Gasteiger partial charge on any atom is -0.287 e. The lowest BCUT2D eigenvalue weighted by molar-refractivity contribution is -0.114. The van der Waals surface area contributed by atoms with E-state index in [0.717, 1.165) is 15.6 Å². The Labute approximate surface area is 180 Å². The van der Waals surface area contributed by atoms with Gasteiger partial charge in [0.2, 0.25) is 10.0 Å². The van der Waals surface area contributed by atoms with Crippen molar-refractivity contribution in [3.63, 3.8) is 0 Å². The molecule has 2 aromatic carbocycles. The summed E-state index contributed by atoms with van der Waals surface area (Å²) >= 11 is 4.63. The first-order valence-electron chi connectivity index (χ1n) is 8.96. The third kappa shape index (κ3) is 6.44. The lowest BCUT2D eigenvalue weighted by Gasteiger charge is -2.27. The number of aryl methyl sites for hydroxylation is 1. The number of hydrogen-bond donors (Lipinski definition) is 1.